The number of amides is 1. The van der Waals surface area contributed by atoms with Gasteiger partial charge in [0.25, 0.3) is 0 Å². The summed E-state index contributed by atoms with van der Waals surface area (Å²) < 4.78 is 1.05. The number of piperazine rings is 1. The monoisotopic (exact) mass is 339 g/mol. The number of aryl methyl sites for hydroxylation is 1. The lowest BCUT2D eigenvalue weighted by atomic mass is 10.00. The van der Waals surface area contributed by atoms with E-state index in [4.69, 9.17) is 0 Å². The second-order valence-electron chi connectivity index (χ2n) is 5.71. The molecule has 20 heavy (non-hydrogen) atoms. The highest BCUT2D eigenvalue weighted by molar-refractivity contribution is 9.10. The molecule has 0 atom stereocenters. The van der Waals surface area contributed by atoms with E-state index in [9.17, 15) is 4.79 Å². The molecule has 0 aliphatic carbocycles. The maximum Gasteiger partial charge on any atom is 0.244 e. The molecule has 0 spiro atoms. The number of nitrogens with one attached hydrogen (secondary N) is 2. The molecule has 0 aromatic heterocycles. The molecule has 1 amide bonds. The Morgan fingerprint density at radius 2 is 2.00 bits per heavy atom. The molecule has 1 heterocycles. The fourth-order valence-electron chi connectivity index (χ4n) is 2.37. The van der Waals surface area contributed by atoms with Crippen LogP contribution in [0, 0.1) is 6.92 Å². The van der Waals surface area contributed by atoms with Gasteiger partial charge in [-0.3, -0.25) is 9.69 Å². The molecule has 1 saturated heterocycles. The summed E-state index contributed by atoms with van der Waals surface area (Å²) in [6.07, 6.45) is 0. The highest BCUT2D eigenvalue weighted by Gasteiger charge is 2.35. The number of halogens is 1. The molecular formula is C15H22BrN3O. The molecule has 0 saturated carbocycles. The van der Waals surface area contributed by atoms with Crippen LogP contribution in [0.3, 0.4) is 0 Å². The summed E-state index contributed by atoms with van der Waals surface area (Å²) in [4.78, 5) is 14.8. The predicted molar refractivity (Wildman–Crippen MR) is 86.0 cm³/mol. The Labute approximate surface area is 129 Å². The fraction of sp³-hybridized carbons (Fsp3) is 0.533. The largest absolute Gasteiger partial charge is 0.324 e. The molecule has 2 N–H and O–H groups in total. The Morgan fingerprint density at radius 1 is 1.35 bits per heavy atom. The van der Waals surface area contributed by atoms with Gasteiger partial charge in [-0.2, -0.15) is 0 Å². The van der Waals surface area contributed by atoms with E-state index in [-0.39, 0.29) is 5.91 Å². The molecule has 0 unspecified atom stereocenters. The Morgan fingerprint density at radius 3 is 2.60 bits per heavy atom. The Kier molecular flexibility index (Phi) is 4.83. The van der Waals surface area contributed by atoms with Crippen molar-refractivity contribution < 1.29 is 4.79 Å². The van der Waals surface area contributed by atoms with E-state index in [2.05, 4.69) is 31.5 Å². The molecule has 1 fully saturated rings. The third kappa shape index (κ3) is 3.40. The number of benzene rings is 1. The number of nitrogens with zero attached hydrogens (tertiary/aromatic N) is 1. The van der Waals surface area contributed by atoms with Crippen molar-refractivity contribution in [1.29, 1.82) is 0 Å². The Balaban J connectivity index is 2.07. The van der Waals surface area contributed by atoms with Crippen LogP contribution in [-0.4, -0.2) is 42.5 Å². The normalized spacial score (nSPS) is 17.0. The molecule has 1 aliphatic rings. The molecule has 5 heteroatoms. The highest BCUT2D eigenvalue weighted by Crippen LogP contribution is 2.22. The van der Waals surface area contributed by atoms with Crippen molar-refractivity contribution in [2.45, 2.75) is 26.3 Å². The highest BCUT2D eigenvalue weighted by atomic mass is 79.9. The standard InChI is InChI=1S/C15H22BrN3O/c1-11-10-12(4-5-13(11)16)18-14(20)15(2,3)19-8-6-17-7-9-19/h4-5,10,17H,6-9H2,1-3H3,(H,18,20). The van der Waals surface area contributed by atoms with E-state index in [1.54, 1.807) is 0 Å². The first-order chi connectivity index (χ1) is 9.41. The molecule has 1 aromatic rings. The van der Waals surface area contributed by atoms with Gasteiger partial charge in [0.15, 0.2) is 0 Å². The first kappa shape index (κ1) is 15.5. The van der Waals surface area contributed by atoms with Crippen molar-refractivity contribution in [3.05, 3.63) is 28.2 Å². The quantitative estimate of drug-likeness (QED) is 0.888. The van der Waals surface area contributed by atoms with E-state index >= 15 is 0 Å². The van der Waals surface area contributed by atoms with E-state index in [0.717, 1.165) is 41.9 Å². The minimum absolute atomic E-state index is 0.0427. The zero-order chi connectivity index (χ0) is 14.8. The van der Waals surface area contributed by atoms with Crippen LogP contribution in [-0.2, 0) is 4.79 Å². The zero-order valence-electron chi connectivity index (χ0n) is 12.3. The van der Waals surface area contributed by atoms with Gasteiger partial charge in [-0.05, 0) is 44.5 Å². The second-order valence-corrected chi connectivity index (χ2v) is 6.57. The third-order valence-electron chi connectivity index (χ3n) is 3.88. The Bertz CT molecular complexity index is 496. The van der Waals surface area contributed by atoms with Crippen LogP contribution < -0.4 is 10.6 Å². The first-order valence-electron chi connectivity index (χ1n) is 6.94. The maximum absolute atomic E-state index is 12.5. The molecule has 1 aromatic carbocycles. The van der Waals surface area contributed by atoms with Gasteiger partial charge in [0.05, 0.1) is 5.54 Å². The lowest BCUT2D eigenvalue weighted by Gasteiger charge is -2.39. The van der Waals surface area contributed by atoms with Crippen LogP contribution in [0.2, 0.25) is 0 Å². The summed E-state index contributed by atoms with van der Waals surface area (Å²) in [5, 5.41) is 6.34. The van der Waals surface area contributed by atoms with Crippen molar-refractivity contribution in [1.82, 2.24) is 10.2 Å². The second kappa shape index (κ2) is 6.24. The van der Waals surface area contributed by atoms with Crippen LogP contribution in [0.1, 0.15) is 19.4 Å². The number of hydrogen-bond donors (Lipinski definition) is 2. The maximum atomic E-state index is 12.5. The van der Waals surface area contributed by atoms with Crippen LogP contribution in [0.5, 0.6) is 0 Å². The van der Waals surface area contributed by atoms with Gasteiger partial charge in [-0.1, -0.05) is 15.9 Å². The van der Waals surface area contributed by atoms with Crippen molar-refractivity contribution in [3.8, 4) is 0 Å². The predicted octanol–water partition coefficient (Wildman–Crippen LogP) is 2.38. The molecule has 110 valence electrons. The number of anilines is 1. The van der Waals surface area contributed by atoms with E-state index < -0.39 is 5.54 Å². The average molecular weight is 340 g/mol. The number of carbonyl (C=O) groups excluding carboxylic acids is 1. The van der Waals surface area contributed by atoms with E-state index in [1.165, 1.54) is 0 Å². The van der Waals surface area contributed by atoms with Crippen LogP contribution in [0.15, 0.2) is 22.7 Å². The summed E-state index contributed by atoms with van der Waals surface area (Å²) in [7, 11) is 0. The van der Waals surface area contributed by atoms with Crippen LogP contribution in [0.4, 0.5) is 5.69 Å². The van der Waals surface area contributed by atoms with Crippen molar-refractivity contribution in [2.24, 2.45) is 0 Å². The molecular weight excluding hydrogens is 318 g/mol. The van der Waals surface area contributed by atoms with Gasteiger partial charge in [0, 0.05) is 36.3 Å². The SMILES string of the molecule is Cc1cc(NC(=O)C(C)(C)N2CCNCC2)ccc1Br. The van der Waals surface area contributed by atoms with E-state index in [1.807, 2.05) is 39.0 Å². The van der Waals surface area contributed by atoms with Crippen LogP contribution >= 0.6 is 15.9 Å². The lowest BCUT2D eigenvalue weighted by Crippen LogP contribution is -2.58. The molecule has 4 nitrogen and oxygen atoms in total. The van der Waals surface area contributed by atoms with Crippen molar-refractivity contribution in [2.75, 3.05) is 31.5 Å². The van der Waals surface area contributed by atoms with Gasteiger partial charge < -0.3 is 10.6 Å². The van der Waals surface area contributed by atoms with Crippen LogP contribution in [0.25, 0.3) is 0 Å². The summed E-state index contributed by atoms with van der Waals surface area (Å²) in [6, 6.07) is 5.86. The molecule has 1 aliphatic heterocycles. The van der Waals surface area contributed by atoms with Gasteiger partial charge in [0.2, 0.25) is 5.91 Å². The number of rotatable bonds is 3. The molecule has 2 rings (SSSR count). The van der Waals surface area contributed by atoms with E-state index in [0.29, 0.717) is 0 Å². The third-order valence-corrected chi connectivity index (χ3v) is 4.77. The van der Waals surface area contributed by atoms with Gasteiger partial charge in [-0.15, -0.1) is 0 Å². The minimum atomic E-state index is -0.497. The molecule has 0 bridgehead atoms. The fourth-order valence-corrected chi connectivity index (χ4v) is 2.62. The number of hydrogen-bond acceptors (Lipinski definition) is 3. The van der Waals surface area contributed by atoms with Crippen molar-refractivity contribution in [3.63, 3.8) is 0 Å². The topological polar surface area (TPSA) is 44.4 Å². The molecule has 0 radical (unpaired) electrons. The number of carbonyl (C=O) groups is 1. The van der Waals surface area contributed by atoms with Gasteiger partial charge in [-0.25, -0.2) is 0 Å². The summed E-state index contributed by atoms with van der Waals surface area (Å²) in [5.41, 5.74) is 1.46. The summed E-state index contributed by atoms with van der Waals surface area (Å²) in [5.74, 6) is 0.0427. The smallest absolute Gasteiger partial charge is 0.244 e. The lowest BCUT2D eigenvalue weighted by molar-refractivity contribution is -0.126. The minimum Gasteiger partial charge on any atom is -0.324 e. The van der Waals surface area contributed by atoms with Crippen molar-refractivity contribution >= 4 is 27.5 Å². The zero-order valence-corrected chi connectivity index (χ0v) is 13.9. The van der Waals surface area contributed by atoms with Gasteiger partial charge in [0.1, 0.15) is 0 Å². The Hall–Kier alpha value is -0.910. The average Bonchev–Trinajstić information content (AvgIpc) is 2.44. The summed E-state index contributed by atoms with van der Waals surface area (Å²) in [6.45, 7) is 9.67. The summed E-state index contributed by atoms with van der Waals surface area (Å²) >= 11 is 3.47. The van der Waals surface area contributed by atoms with Gasteiger partial charge >= 0.3 is 0 Å². The first-order valence-corrected chi connectivity index (χ1v) is 7.74.